The van der Waals surface area contributed by atoms with Gasteiger partial charge in [0.25, 0.3) is 5.91 Å². The summed E-state index contributed by atoms with van der Waals surface area (Å²) in [6.07, 6.45) is -9.86. The Kier molecular flexibility index (Phi) is 8.37. The van der Waals surface area contributed by atoms with Crippen LogP contribution < -0.4 is 14.8 Å². The van der Waals surface area contributed by atoms with Gasteiger partial charge in [-0.3, -0.25) is 9.53 Å². The number of aromatic nitrogens is 2. The summed E-state index contributed by atoms with van der Waals surface area (Å²) in [7, 11) is 0. The molecule has 0 aliphatic carbocycles. The van der Waals surface area contributed by atoms with E-state index in [-0.39, 0.29) is 24.3 Å². The summed E-state index contributed by atoms with van der Waals surface area (Å²) in [4.78, 5) is 12.0. The first-order valence-electron chi connectivity index (χ1n) is 9.98. The second-order valence-corrected chi connectivity index (χ2v) is 7.14. The van der Waals surface area contributed by atoms with Gasteiger partial charge in [-0.15, -0.1) is 18.3 Å². The summed E-state index contributed by atoms with van der Waals surface area (Å²) in [5, 5.41) is 9.85. The van der Waals surface area contributed by atoms with Crippen molar-refractivity contribution < 1.29 is 58.9 Å². The first-order valence-corrected chi connectivity index (χ1v) is 9.98. The lowest BCUT2D eigenvalue weighted by Gasteiger charge is -2.27. The van der Waals surface area contributed by atoms with E-state index in [2.05, 4.69) is 20.3 Å². The highest BCUT2D eigenvalue weighted by molar-refractivity contribution is 5.77. The van der Waals surface area contributed by atoms with Gasteiger partial charge in [0.1, 0.15) is 24.3 Å². The van der Waals surface area contributed by atoms with Crippen molar-refractivity contribution in [2.24, 2.45) is 0 Å². The topological polar surface area (TPSA) is 105 Å². The highest BCUT2D eigenvalue weighted by Gasteiger charge is 2.34. The fraction of sp³-hybridized carbons (Fsp3) is 0.526. The molecule has 16 heteroatoms. The molecule has 0 radical (unpaired) electrons. The molecule has 3 rings (SSSR count). The number of benzene rings is 1. The van der Waals surface area contributed by atoms with Crippen molar-refractivity contribution in [1.82, 2.24) is 15.5 Å². The number of rotatable bonds is 9. The maximum Gasteiger partial charge on any atom is 0.522 e. The number of carbonyl (C=O) groups excluding carboxylic acids is 1. The van der Waals surface area contributed by atoms with E-state index in [1.165, 1.54) is 0 Å². The quantitative estimate of drug-likeness (QED) is 0.398. The number of amides is 1. The third-order valence-corrected chi connectivity index (χ3v) is 4.53. The largest absolute Gasteiger partial charge is 0.522 e. The third-order valence-electron chi connectivity index (χ3n) is 4.53. The molecule has 0 unspecified atom stereocenters. The standard InChI is InChI=1S/C19H18F7N3O6/c20-13-7-11(2-3-12(13)18(21,22)23)32-9-15(30)27-10-1-4-14(33-8-10)16-28-29-17(35-16)31-5-6-34-19(24,25)26/h2-3,7,10,14H,1,4-6,8-9H2,(H,27,30)/t10-,14+/m1/s1. The van der Waals surface area contributed by atoms with Gasteiger partial charge in [0, 0.05) is 6.07 Å². The number of alkyl halides is 6. The Balaban J connectivity index is 1.38. The van der Waals surface area contributed by atoms with E-state index in [0.717, 1.165) is 6.07 Å². The van der Waals surface area contributed by atoms with Gasteiger partial charge in [-0.2, -0.15) is 13.2 Å². The van der Waals surface area contributed by atoms with Gasteiger partial charge in [0.15, 0.2) is 6.61 Å². The molecule has 1 aliphatic heterocycles. The van der Waals surface area contributed by atoms with Crippen LogP contribution in [-0.4, -0.2) is 54.9 Å². The molecule has 1 fully saturated rings. The van der Waals surface area contributed by atoms with Gasteiger partial charge in [-0.25, -0.2) is 4.39 Å². The van der Waals surface area contributed by atoms with Gasteiger partial charge < -0.3 is 23.9 Å². The van der Waals surface area contributed by atoms with Crippen molar-refractivity contribution in [3.63, 3.8) is 0 Å². The molecular formula is C19H18F7N3O6. The molecule has 35 heavy (non-hydrogen) atoms. The number of carbonyl (C=O) groups is 1. The Hall–Kier alpha value is -3.14. The smallest absolute Gasteiger partial charge is 0.484 e. The molecule has 194 valence electrons. The maximum absolute atomic E-state index is 13.6. The van der Waals surface area contributed by atoms with Crippen molar-refractivity contribution in [2.75, 3.05) is 26.4 Å². The fourth-order valence-electron chi connectivity index (χ4n) is 2.99. The lowest BCUT2D eigenvalue weighted by molar-refractivity contribution is -0.325. The molecule has 1 amide bonds. The van der Waals surface area contributed by atoms with E-state index in [9.17, 15) is 35.5 Å². The van der Waals surface area contributed by atoms with E-state index in [0.29, 0.717) is 25.0 Å². The average Bonchev–Trinajstić information content (AvgIpc) is 3.23. The summed E-state index contributed by atoms with van der Waals surface area (Å²) in [6.45, 7) is -1.75. The minimum absolute atomic E-state index is 0.0363. The summed E-state index contributed by atoms with van der Waals surface area (Å²) >= 11 is 0. The maximum atomic E-state index is 13.6. The number of ether oxygens (including phenoxy) is 4. The highest BCUT2D eigenvalue weighted by Crippen LogP contribution is 2.33. The number of nitrogens with one attached hydrogen (secondary N) is 1. The van der Waals surface area contributed by atoms with Gasteiger partial charge in [-0.05, 0) is 25.0 Å². The Morgan fingerprint density at radius 3 is 2.49 bits per heavy atom. The zero-order valence-electron chi connectivity index (χ0n) is 17.6. The number of halogens is 7. The molecule has 2 heterocycles. The zero-order chi connectivity index (χ0) is 25.6. The van der Waals surface area contributed by atoms with Crippen LogP contribution in [0.15, 0.2) is 22.6 Å². The van der Waals surface area contributed by atoms with Crippen LogP contribution in [0.25, 0.3) is 0 Å². The van der Waals surface area contributed by atoms with Gasteiger partial charge in [-0.1, -0.05) is 5.10 Å². The Bertz CT molecular complexity index is 990. The number of nitrogens with zero attached hydrogens (tertiary/aromatic N) is 2. The van der Waals surface area contributed by atoms with Crippen molar-refractivity contribution >= 4 is 5.91 Å². The fourth-order valence-corrected chi connectivity index (χ4v) is 2.99. The molecule has 2 aromatic rings. The summed E-state index contributed by atoms with van der Waals surface area (Å²) in [5.74, 6) is -2.34. The van der Waals surface area contributed by atoms with Crippen LogP contribution in [0.5, 0.6) is 11.8 Å². The second kappa shape index (κ2) is 11.1. The van der Waals surface area contributed by atoms with Crippen molar-refractivity contribution in [2.45, 2.75) is 37.5 Å². The van der Waals surface area contributed by atoms with Crippen LogP contribution in [0.1, 0.15) is 30.4 Å². The zero-order valence-corrected chi connectivity index (χ0v) is 17.6. The number of hydrogen-bond acceptors (Lipinski definition) is 8. The first-order chi connectivity index (χ1) is 16.4. The van der Waals surface area contributed by atoms with E-state index < -0.39 is 61.8 Å². The number of hydrogen-bond donors (Lipinski definition) is 1. The van der Waals surface area contributed by atoms with E-state index in [4.69, 9.17) is 18.6 Å². The van der Waals surface area contributed by atoms with Crippen molar-refractivity contribution in [3.8, 4) is 11.8 Å². The van der Waals surface area contributed by atoms with Crippen molar-refractivity contribution in [3.05, 3.63) is 35.5 Å². The Morgan fingerprint density at radius 1 is 1.09 bits per heavy atom. The molecule has 1 N–H and O–H groups in total. The molecule has 0 bridgehead atoms. The first kappa shape index (κ1) is 26.5. The Morgan fingerprint density at radius 2 is 1.86 bits per heavy atom. The monoisotopic (exact) mass is 517 g/mol. The minimum atomic E-state index is -4.85. The molecule has 1 aromatic heterocycles. The molecule has 2 atom stereocenters. The van der Waals surface area contributed by atoms with Crippen LogP contribution in [0, 0.1) is 5.82 Å². The van der Waals surface area contributed by atoms with E-state index in [1.54, 1.807) is 0 Å². The highest BCUT2D eigenvalue weighted by atomic mass is 19.4. The normalized spacial score (nSPS) is 18.8. The SMILES string of the molecule is O=C(COc1ccc(C(F)(F)F)c(F)c1)N[C@@H]1CC[C@@H](c2nnc(OCCOC(F)(F)F)o2)OC1. The van der Waals surface area contributed by atoms with Gasteiger partial charge in [0.05, 0.1) is 24.8 Å². The molecule has 1 aromatic carbocycles. The molecular weight excluding hydrogens is 499 g/mol. The molecule has 1 saturated heterocycles. The predicted octanol–water partition coefficient (Wildman–Crippen LogP) is 3.56. The third kappa shape index (κ3) is 8.24. The molecule has 0 spiro atoms. The lowest BCUT2D eigenvalue weighted by Crippen LogP contribution is -2.43. The van der Waals surface area contributed by atoms with Gasteiger partial charge in [0.2, 0.25) is 5.89 Å². The molecule has 1 aliphatic rings. The molecule has 0 saturated carbocycles. The molecule has 9 nitrogen and oxygen atoms in total. The van der Waals surface area contributed by atoms with Crippen LogP contribution >= 0.6 is 0 Å². The van der Waals surface area contributed by atoms with Gasteiger partial charge >= 0.3 is 18.6 Å². The van der Waals surface area contributed by atoms with Crippen LogP contribution in [0.4, 0.5) is 30.7 Å². The Labute approximate surface area is 192 Å². The van der Waals surface area contributed by atoms with E-state index >= 15 is 0 Å². The van der Waals surface area contributed by atoms with Crippen LogP contribution in [0.2, 0.25) is 0 Å². The summed E-state index contributed by atoms with van der Waals surface area (Å²) in [5.41, 5.74) is -1.45. The van der Waals surface area contributed by atoms with Crippen LogP contribution in [0.3, 0.4) is 0 Å². The second-order valence-electron chi connectivity index (χ2n) is 7.14. The lowest BCUT2D eigenvalue weighted by atomic mass is 10.1. The average molecular weight is 517 g/mol. The van der Waals surface area contributed by atoms with Crippen molar-refractivity contribution in [1.29, 1.82) is 0 Å². The minimum Gasteiger partial charge on any atom is -0.484 e. The van der Waals surface area contributed by atoms with E-state index in [1.807, 2.05) is 0 Å². The summed E-state index contributed by atoms with van der Waals surface area (Å²) in [6, 6.07) is 1.53. The predicted molar refractivity (Wildman–Crippen MR) is 98.6 cm³/mol. The van der Waals surface area contributed by atoms with Crippen LogP contribution in [-0.2, 0) is 20.4 Å². The summed E-state index contributed by atoms with van der Waals surface area (Å²) < 4.78 is 111.